The standard InChI is InChI=1S/C52H53AsN2O6S/c1-54(2)62(57,58)53-50-33-46(27-32-52(50)61-39-43-21-13-6-14-22-43)51(36-56)55(34-40-15-7-3-8-16-40)35-49(44-23-28-47(29-24-44)59-37-41-17-9-4-10-18-41)45-25-30-48(31-26-45)60-38-42-19-11-5-12-20-42/h3-33,49,51,53,56H,34-39H2,1-2H3. The first-order valence-corrected chi connectivity index (χ1v) is 25.7. The Morgan fingerprint density at radius 2 is 0.952 bits per heavy atom. The van der Waals surface area contributed by atoms with Gasteiger partial charge in [0.15, 0.2) is 0 Å². The van der Waals surface area contributed by atoms with Crippen molar-refractivity contribution in [1.29, 1.82) is 0 Å². The average Bonchev–Trinajstić information content (AvgIpc) is 3.31. The molecule has 10 heteroatoms. The third-order valence-corrected chi connectivity index (χ3v) is 18.2. The molecule has 2 unspecified atom stereocenters. The van der Waals surface area contributed by atoms with Crippen molar-refractivity contribution in [2.45, 2.75) is 38.3 Å². The summed E-state index contributed by atoms with van der Waals surface area (Å²) in [5, 5.41) is 11.4. The van der Waals surface area contributed by atoms with E-state index in [0.29, 0.717) is 43.0 Å². The van der Waals surface area contributed by atoms with Gasteiger partial charge in [-0.3, -0.25) is 0 Å². The molecule has 0 saturated carbocycles. The Morgan fingerprint density at radius 3 is 1.39 bits per heavy atom. The van der Waals surface area contributed by atoms with Crippen LogP contribution in [-0.2, 0) is 34.7 Å². The first-order valence-electron chi connectivity index (χ1n) is 20.7. The predicted octanol–water partition coefficient (Wildman–Crippen LogP) is 8.66. The molecular weight excluding hydrogens is 856 g/mol. The first-order chi connectivity index (χ1) is 30.2. The van der Waals surface area contributed by atoms with Crippen molar-refractivity contribution in [3.63, 3.8) is 0 Å². The average molecular weight is 909 g/mol. The summed E-state index contributed by atoms with van der Waals surface area (Å²) in [6.07, 6.45) is 0. The SMILES string of the molecule is CN(C)S(=O)(=O)[AsH]c1cc(C(CO)N(Cc2ccccc2)CC(c2ccc(OCc3ccccc3)cc2)c2ccc(OCc3ccccc3)cc2)ccc1OCc1ccccc1. The van der Waals surface area contributed by atoms with Gasteiger partial charge in [0.1, 0.15) is 13.2 Å². The summed E-state index contributed by atoms with van der Waals surface area (Å²) in [5.74, 6) is 1.95. The van der Waals surface area contributed by atoms with Crippen molar-refractivity contribution < 1.29 is 27.7 Å². The quantitative estimate of drug-likeness (QED) is 0.0723. The van der Waals surface area contributed by atoms with Crippen molar-refractivity contribution in [2.24, 2.45) is 0 Å². The molecule has 1 N–H and O–H groups in total. The maximum absolute atomic E-state index is 13.4. The van der Waals surface area contributed by atoms with Gasteiger partial charge >= 0.3 is 289 Å². The van der Waals surface area contributed by atoms with Crippen LogP contribution in [-0.4, -0.2) is 64.6 Å². The maximum atomic E-state index is 13.4. The van der Waals surface area contributed by atoms with Crippen molar-refractivity contribution in [2.75, 3.05) is 27.2 Å². The molecule has 0 bridgehead atoms. The summed E-state index contributed by atoms with van der Waals surface area (Å²) in [5.41, 5.74) is 7.24. The van der Waals surface area contributed by atoms with Crippen molar-refractivity contribution in [3.05, 3.63) is 227 Å². The normalized spacial score (nSPS) is 12.3. The van der Waals surface area contributed by atoms with Gasteiger partial charge in [-0.2, -0.15) is 0 Å². The molecule has 7 aromatic rings. The molecule has 0 fully saturated rings. The summed E-state index contributed by atoms with van der Waals surface area (Å²) in [7, 11) is -0.402. The summed E-state index contributed by atoms with van der Waals surface area (Å²) < 4.78 is 47.5. The second-order valence-electron chi connectivity index (χ2n) is 15.3. The topological polar surface area (TPSA) is 88.5 Å². The fourth-order valence-corrected chi connectivity index (χ4v) is 12.4. The molecule has 0 amide bonds. The van der Waals surface area contributed by atoms with Gasteiger partial charge in [0.25, 0.3) is 0 Å². The van der Waals surface area contributed by atoms with Crippen LogP contribution in [0.4, 0.5) is 0 Å². The number of aliphatic hydroxyl groups is 1. The van der Waals surface area contributed by atoms with Crippen LogP contribution in [0.15, 0.2) is 188 Å². The second-order valence-corrected chi connectivity index (χ2v) is 22.8. The number of benzene rings is 7. The minimum atomic E-state index is -3.53. The van der Waals surface area contributed by atoms with Crippen molar-refractivity contribution >= 4 is 27.2 Å². The molecule has 0 saturated heterocycles. The zero-order valence-corrected chi connectivity index (χ0v) is 38.0. The van der Waals surface area contributed by atoms with E-state index in [1.807, 2.05) is 152 Å². The van der Waals surface area contributed by atoms with Gasteiger partial charge in [0.05, 0.1) is 0 Å². The van der Waals surface area contributed by atoms with E-state index in [0.717, 1.165) is 50.4 Å². The van der Waals surface area contributed by atoms with Gasteiger partial charge in [-0.05, 0) is 11.1 Å². The zero-order valence-electron chi connectivity index (χ0n) is 35.1. The van der Waals surface area contributed by atoms with Crippen LogP contribution in [0.25, 0.3) is 0 Å². The van der Waals surface area contributed by atoms with Crippen molar-refractivity contribution in [1.82, 2.24) is 9.21 Å². The molecule has 8 nitrogen and oxygen atoms in total. The molecule has 0 radical (unpaired) electrons. The third-order valence-electron chi connectivity index (χ3n) is 10.7. The Morgan fingerprint density at radius 1 is 0.532 bits per heavy atom. The van der Waals surface area contributed by atoms with Crippen LogP contribution in [0, 0.1) is 0 Å². The third kappa shape index (κ3) is 12.5. The molecule has 0 heterocycles. The van der Waals surface area contributed by atoms with Crippen molar-refractivity contribution in [3.8, 4) is 17.2 Å². The van der Waals surface area contributed by atoms with E-state index in [2.05, 4.69) is 41.3 Å². The molecule has 0 aromatic heterocycles. The Balaban J connectivity index is 1.23. The van der Waals surface area contributed by atoms with Crippen LogP contribution in [0.1, 0.15) is 50.9 Å². The van der Waals surface area contributed by atoms with Crippen LogP contribution in [0.5, 0.6) is 17.2 Å². The van der Waals surface area contributed by atoms with E-state index in [9.17, 15) is 13.5 Å². The van der Waals surface area contributed by atoms with Gasteiger partial charge in [0, 0.05) is 0 Å². The molecule has 2 atom stereocenters. The molecular formula is C52H53AsN2O6S. The molecule has 7 rings (SSSR count). The molecule has 62 heavy (non-hydrogen) atoms. The molecule has 318 valence electrons. The summed E-state index contributed by atoms with van der Waals surface area (Å²) in [6, 6.07) is 62.1. The fourth-order valence-electron chi connectivity index (χ4n) is 7.19. The van der Waals surface area contributed by atoms with Crippen LogP contribution >= 0.6 is 0 Å². The number of ether oxygens (including phenoxy) is 3. The number of rotatable bonds is 21. The second kappa shape index (κ2) is 21.9. The van der Waals surface area contributed by atoms with Crippen LogP contribution in [0.3, 0.4) is 0 Å². The van der Waals surface area contributed by atoms with E-state index in [1.165, 1.54) is 4.31 Å². The Labute approximate surface area is 372 Å². The number of aliphatic hydroxyl groups excluding tert-OH is 1. The molecule has 0 aliphatic heterocycles. The molecule has 0 aliphatic rings. The van der Waals surface area contributed by atoms with E-state index in [4.69, 9.17) is 14.2 Å². The van der Waals surface area contributed by atoms with Gasteiger partial charge in [-0.25, -0.2) is 0 Å². The fraction of sp³-hybridized carbons (Fsp3) is 0.192. The zero-order chi connectivity index (χ0) is 43.2. The molecule has 7 aromatic carbocycles. The van der Waals surface area contributed by atoms with Gasteiger partial charge < -0.3 is 0 Å². The Hall–Kier alpha value is -5.67. The summed E-state index contributed by atoms with van der Waals surface area (Å²) in [4.78, 5) is 2.30. The number of hydrogen-bond acceptors (Lipinski definition) is 7. The molecule has 0 spiro atoms. The van der Waals surface area contributed by atoms with E-state index >= 15 is 0 Å². The van der Waals surface area contributed by atoms with Crippen LogP contribution < -0.4 is 18.6 Å². The Kier molecular flexibility index (Phi) is 15.7. The van der Waals surface area contributed by atoms with Crippen LogP contribution in [0.2, 0.25) is 0 Å². The monoisotopic (exact) mass is 908 g/mol. The number of nitrogens with zero attached hydrogens (tertiary/aromatic N) is 2. The van der Waals surface area contributed by atoms with E-state index in [-0.39, 0.29) is 12.5 Å². The summed E-state index contributed by atoms with van der Waals surface area (Å²) >= 11 is -1.74. The van der Waals surface area contributed by atoms with Gasteiger partial charge in [0.2, 0.25) is 0 Å². The van der Waals surface area contributed by atoms with Gasteiger partial charge in [-0.1, -0.05) is 60.7 Å². The molecule has 0 aliphatic carbocycles. The Bertz CT molecular complexity index is 2440. The minimum absolute atomic E-state index is 0.130. The summed E-state index contributed by atoms with van der Waals surface area (Å²) in [6.45, 7) is 2.11. The number of hydrogen-bond donors (Lipinski definition) is 1. The van der Waals surface area contributed by atoms with E-state index in [1.54, 1.807) is 14.1 Å². The predicted molar refractivity (Wildman–Crippen MR) is 250 cm³/mol. The van der Waals surface area contributed by atoms with E-state index < -0.39 is 28.9 Å². The van der Waals surface area contributed by atoms with Gasteiger partial charge in [-0.15, -0.1) is 0 Å². The first kappa shape index (κ1) is 44.4.